The number of nitrogens with zero attached hydrogens (tertiary/aromatic N) is 5. The minimum absolute atomic E-state index is 0.828. The first kappa shape index (κ1) is 15.3. The van der Waals surface area contributed by atoms with Crippen molar-refractivity contribution in [3.63, 3.8) is 0 Å². The van der Waals surface area contributed by atoms with Crippen molar-refractivity contribution < 1.29 is 0 Å². The Labute approximate surface area is 151 Å². The predicted molar refractivity (Wildman–Crippen MR) is 101 cm³/mol. The molecule has 2 aromatic carbocycles. The number of rotatable bonds is 4. The molecule has 26 heavy (non-hydrogen) atoms. The van der Waals surface area contributed by atoms with Crippen LogP contribution in [0.15, 0.2) is 54.9 Å². The summed E-state index contributed by atoms with van der Waals surface area (Å²) in [4.78, 5) is 15.1. The summed E-state index contributed by atoms with van der Waals surface area (Å²) in [6.45, 7) is 3.23. The van der Waals surface area contributed by atoms with Gasteiger partial charge in [-0.1, -0.05) is 18.2 Å². The van der Waals surface area contributed by atoms with Gasteiger partial charge in [-0.3, -0.25) is 4.90 Å². The van der Waals surface area contributed by atoms with E-state index in [1.54, 1.807) is 6.33 Å². The van der Waals surface area contributed by atoms with E-state index in [2.05, 4.69) is 38.2 Å². The van der Waals surface area contributed by atoms with E-state index in [4.69, 9.17) is 4.98 Å². The van der Waals surface area contributed by atoms with Gasteiger partial charge in [-0.25, -0.2) is 14.6 Å². The molecular weight excluding hydrogens is 324 g/mol. The Kier molecular flexibility index (Phi) is 3.75. The fraction of sp³-hybridized carbons (Fsp3) is 0.250. The molecule has 6 heteroatoms. The molecule has 3 heterocycles. The monoisotopic (exact) mass is 344 g/mol. The van der Waals surface area contributed by atoms with Crippen LogP contribution in [0.3, 0.4) is 0 Å². The largest absolute Gasteiger partial charge is 0.341 e. The summed E-state index contributed by atoms with van der Waals surface area (Å²) in [5.74, 6) is 1.86. The molecule has 0 amide bonds. The Hall–Kier alpha value is -2.99. The zero-order chi connectivity index (χ0) is 17.3. The van der Waals surface area contributed by atoms with Gasteiger partial charge in [-0.15, -0.1) is 0 Å². The van der Waals surface area contributed by atoms with Crippen molar-refractivity contribution in [2.45, 2.75) is 19.4 Å². The van der Waals surface area contributed by atoms with Crippen molar-refractivity contribution in [3.8, 4) is 17.1 Å². The van der Waals surface area contributed by atoms with Crippen molar-refractivity contribution in [2.24, 2.45) is 0 Å². The maximum atomic E-state index is 4.74. The molecule has 0 unspecified atom stereocenters. The zero-order valence-electron chi connectivity index (χ0n) is 14.5. The molecule has 6 nitrogen and oxygen atoms in total. The highest BCUT2D eigenvalue weighted by Crippen LogP contribution is 2.24. The highest BCUT2D eigenvalue weighted by molar-refractivity contribution is 5.80. The van der Waals surface area contributed by atoms with Gasteiger partial charge >= 0.3 is 0 Å². The molecule has 0 atom stereocenters. The van der Waals surface area contributed by atoms with E-state index in [9.17, 15) is 0 Å². The summed E-state index contributed by atoms with van der Waals surface area (Å²) in [7, 11) is 0. The molecular formula is C20H20N6. The van der Waals surface area contributed by atoms with Gasteiger partial charge in [-0.05, 0) is 56.3 Å². The van der Waals surface area contributed by atoms with Crippen LogP contribution in [0.4, 0.5) is 0 Å². The smallest absolute Gasteiger partial charge is 0.163 e. The van der Waals surface area contributed by atoms with Crippen LogP contribution in [0.2, 0.25) is 0 Å². The van der Waals surface area contributed by atoms with E-state index >= 15 is 0 Å². The number of hydrogen-bond donors (Lipinski definition) is 1. The van der Waals surface area contributed by atoms with Crippen molar-refractivity contribution >= 4 is 11.0 Å². The lowest BCUT2D eigenvalue weighted by Gasteiger charge is -2.11. The minimum atomic E-state index is 0.828. The Balaban J connectivity index is 1.49. The lowest BCUT2D eigenvalue weighted by atomic mass is 10.2. The van der Waals surface area contributed by atoms with Crippen LogP contribution in [0.25, 0.3) is 28.1 Å². The number of nitrogens with one attached hydrogen (secondary N) is 1. The molecule has 130 valence electrons. The van der Waals surface area contributed by atoms with Gasteiger partial charge in [0.1, 0.15) is 12.2 Å². The van der Waals surface area contributed by atoms with Gasteiger partial charge in [-0.2, -0.15) is 5.10 Å². The van der Waals surface area contributed by atoms with Crippen LogP contribution < -0.4 is 0 Å². The van der Waals surface area contributed by atoms with Crippen LogP contribution >= 0.6 is 0 Å². The first-order valence-electron chi connectivity index (χ1n) is 9.04. The van der Waals surface area contributed by atoms with Gasteiger partial charge in [0.25, 0.3) is 0 Å². The summed E-state index contributed by atoms with van der Waals surface area (Å²) in [5, 5.41) is 4.39. The van der Waals surface area contributed by atoms with E-state index < -0.39 is 0 Å². The van der Waals surface area contributed by atoms with Crippen LogP contribution in [-0.4, -0.2) is 42.7 Å². The SMILES string of the molecule is c1ccc(-n2ncnc2-c2ccc3nc(CN4CCCC4)[nH]c3c2)cc1. The minimum Gasteiger partial charge on any atom is -0.341 e. The van der Waals surface area contributed by atoms with E-state index in [0.717, 1.165) is 40.5 Å². The molecule has 1 aliphatic heterocycles. The molecule has 1 saturated heterocycles. The lowest BCUT2D eigenvalue weighted by Crippen LogP contribution is -2.19. The molecule has 0 radical (unpaired) electrons. The average Bonchev–Trinajstić information content (AvgIpc) is 3.42. The maximum Gasteiger partial charge on any atom is 0.163 e. The zero-order valence-corrected chi connectivity index (χ0v) is 14.5. The van der Waals surface area contributed by atoms with Gasteiger partial charge in [0.05, 0.1) is 23.3 Å². The topological polar surface area (TPSA) is 62.6 Å². The number of likely N-dealkylation sites (tertiary alicyclic amines) is 1. The van der Waals surface area contributed by atoms with Gasteiger partial charge in [0.15, 0.2) is 5.82 Å². The van der Waals surface area contributed by atoms with Crippen molar-refractivity contribution in [3.05, 3.63) is 60.7 Å². The fourth-order valence-electron chi connectivity index (χ4n) is 3.63. The number of para-hydroxylation sites is 1. The summed E-state index contributed by atoms with van der Waals surface area (Å²) < 4.78 is 1.86. The summed E-state index contributed by atoms with van der Waals surface area (Å²) in [5.41, 5.74) is 4.06. The summed E-state index contributed by atoms with van der Waals surface area (Å²) in [6.07, 6.45) is 4.18. The van der Waals surface area contributed by atoms with Gasteiger partial charge < -0.3 is 4.98 Å². The van der Waals surface area contributed by atoms with Crippen molar-refractivity contribution in [1.29, 1.82) is 0 Å². The van der Waals surface area contributed by atoms with Crippen LogP contribution in [0.1, 0.15) is 18.7 Å². The third kappa shape index (κ3) is 2.78. The second kappa shape index (κ2) is 6.38. The highest BCUT2D eigenvalue weighted by Gasteiger charge is 2.15. The normalized spacial score (nSPS) is 15.1. The Bertz CT molecular complexity index is 1030. The lowest BCUT2D eigenvalue weighted by molar-refractivity contribution is 0.324. The molecule has 1 N–H and O–H groups in total. The number of fused-ring (bicyclic) bond motifs is 1. The predicted octanol–water partition coefficient (Wildman–Crippen LogP) is 3.41. The molecule has 0 spiro atoms. The molecule has 0 aliphatic carbocycles. The maximum absolute atomic E-state index is 4.74. The first-order valence-corrected chi connectivity index (χ1v) is 9.04. The Morgan fingerprint density at radius 2 is 1.85 bits per heavy atom. The second-order valence-electron chi connectivity index (χ2n) is 6.73. The molecule has 1 fully saturated rings. The second-order valence-corrected chi connectivity index (χ2v) is 6.73. The quantitative estimate of drug-likeness (QED) is 0.616. The van der Waals surface area contributed by atoms with Crippen LogP contribution in [0.5, 0.6) is 0 Å². The summed E-state index contributed by atoms with van der Waals surface area (Å²) in [6, 6.07) is 16.3. The Morgan fingerprint density at radius 3 is 2.69 bits per heavy atom. The van der Waals surface area contributed by atoms with E-state index in [0.29, 0.717) is 0 Å². The molecule has 0 bridgehead atoms. The van der Waals surface area contributed by atoms with Gasteiger partial charge in [0, 0.05) is 5.56 Å². The van der Waals surface area contributed by atoms with Crippen molar-refractivity contribution in [1.82, 2.24) is 29.6 Å². The van der Waals surface area contributed by atoms with Gasteiger partial charge in [0.2, 0.25) is 0 Å². The van der Waals surface area contributed by atoms with Crippen LogP contribution in [-0.2, 0) is 6.54 Å². The number of aromatic nitrogens is 5. The third-order valence-corrected chi connectivity index (χ3v) is 4.91. The number of benzene rings is 2. The number of H-pyrrole nitrogens is 1. The van der Waals surface area contributed by atoms with Crippen molar-refractivity contribution in [2.75, 3.05) is 13.1 Å². The standard InChI is InChI=1S/C20H20N6/c1-2-6-16(7-3-1)26-20(21-14-22-26)15-8-9-17-18(12-15)24-19(23-17)13-25-10-4-5-11-25/h1-3,6-9,12,14H,4-5,10-11,13H2,(H,23,24). The molecule has 5 rings (SSSR count). The Morgan fingerprint density at radius 1 is 1.00 bits per heavy atom. The molecule has 4 aromatic rings. The summed E-state index contributed by atoms with van der Waals surface area (Å²) >= 11 is 0. The molecule has 2 aromatic heterocycles. The molecule has 1 aliphatic rings. The van der Waals surface area contributed by atoms with E-state index in [1.165, 1.54) is 25.9 Å². The highest BCUT2D eigenvalue weighted by atomic mass is 15.3. The fourth-order valence-corrected chi connectivity index (χ4v) is 3.63. The van der Waals surface area contributed by atoms with E-state index in [-0.39, 0.29) is 0 Å². The third-order valence-electron chi connectivity index (χ3n) is 4.91. The number of aromatic amines is 1. The van der Waals surface area contributed by atoms with E-state index in [1.807, 2.05) is 35.0 Å². The number of hydrogen-bond acceptors (Lipinski definition) is 4. The molecule has 0 saturated carbocycles. The average molecular weight is 344 g/mol. The first-order chi connectivity index (χ1) is 12.9. The number of imidazole rings is 1. The van der Waals surface area contributed by atoms with Crippen LogP contribution in [0, 0.1) is 0 Å².